The highest BCUT2D eigenvalue weighted by Crippen LogP contribution is 2.15. The molecule has 0 fully saturated rings. The fourth-order valence-electron chi connectivity index (χ4n) is 1.47. The van der Waals surface area contributed by atoms with Gasteiger partial charge in [0.05, 0.1) is 18.5 Å². The summed E-state index contributed by atoms with van der Waals surface area (Å²) in [7, 11) is 0. The molecule has 4 nitrogen and oxygen atoms in total. The molecule has 0 radical (unpaired) electrons. The second-order valence-electron chi connectivity index (χ2n) is 4.08. The molecule has 5 heteroatoms. The van der Waals surface area contributed by atoms with Crippen molar-refractivity contribution in [1.82, 2.24) is 4.98 Å². The van der Waals surface area contributed by atoms with Crippen molar-refractivity contribution in [2.24, 2.45) is 5.10 Å². The molecule has 0 unspecified atom stereocenters. The lowest BCUT2D eigenvalue weighted by Crippen LogP contribution is -1.96. The Morgan fingerprint density at radius 1 is 1.47 bits per heavy atom. The van der Waals surface area contributed by atoms with Crippen LogP contribution in [0, 0.1) is 6.92 Å². The highest BCUT2D eigenvalue weighted by Gasteiger charge is 1.96. The maximum atomic E-state index is 5.57. The molecule has 2 rings (SSSR count). The van der Waals surface area contributed by atoms with E-state index in [9.17, 15) is 0 Å². The average Bonchev–Trinajstić information content (AvgIpc) is 2.83. The van der Waals surface area contributed by atoms with Gasteiger partial charge in [-0.15, -0.1) is 11.3 Å². The van der Waals surface area contributed by atoms with Crippen LogP contribution in [-0.4, -0.2) is 17.8 Å². The first kappa shape index (κ1) is 13.5. The molecule has 0 saturated heterocycles. The predicted octanol–water partition coefficient (Wildman–Crippen LogP) is 3.69. The number of hydrazone groups is 1. The Kier molecular flexibility index (Phi) is 4.92. The van der Waals surface area contributed by atoms with E-state index in [4.69, 9.17) is 4.74 Å². The van der Waals surface area contributed by atoms with Gasteiger partial charge in [0, 0.05) is 5.38 Å². The van der Waals surface area contributed by atoms with Gasteiger partial charge in [-0.1, -0.05) is 19.1 Å². The van der Waals surface area contributed by atoms with Gasteiger partial charge in [-0.3, -0.25) is 5.43 Å². The van der Waals surface area contributed by atoms with Crippen LogP contribution in [0.4, 0.5) is 5.13 Å². The summed E-state index contributed by atoms with van der Waals surface area (Å²) in [5, 5.41) is 6.95. The van der Waals surface area contributed by atoms with Crippen molar-refractivity contribution in [2.45, 2.75) is 20.3 Å². The number of aryl methyl sites for hydroxylation is 1. The molecule has 0 aliphatic rings. The molecule has 0 atom stereocenters. The molecule has 19 heavy (non-hydrogen) atoms. The lowest BCUT2D eigenvalue weighted by atomic mass is 10.2. The van der Waals surface area contributed by atoms with E-state index >= 15 is 0 Å². The number of hydrogen-bond acceptors (Lipinski definition) is 5. The largest absolute Gasteiger partial charge is 0.494 e. The summed E-state index contributed by atoms with van der Waals surface area (Å²) in [6.45, 7) is 4.78. The van der Waals surface area contributed by atoms with Crippen molar-refractivity contribution in [2.75, 3.05) is 12.0 Å². The minimum atomic E-state index is 0.733. The van der Waals surface area contributed by atoms with E-state index in [0.717, 1.165) is 35.2 Å². The van der Waals surface area contributed by atoms with E-state index in [2.05, 4.69) is 22.4 Å². The first-order chi connectivity index (χ1) is 9.28. The first-order valence-corrected chi connectivity index (χ1v) is 7.10. The third-order valence-electron chi connectivity index (χ3n) is 2.32. The Labute approximate surface area is 117 Å². The minimum Gasteiger partial charge on any atom is -0.494 e. The van der Waals surface area contributed by atoms with Crippen LogP contribution < -0.4 is 10.2 Å². The van der Waals surface area contributed by atoms with E-state index < -0.39 is 0 Å². The van der Waals surface area contributed by atoms with Crippen LogP contribution in [0.3, 0.4) is 0 Å². The second kappa shape index (κ2) is 6.89. The molecular weight excluding hydrogens is 258 g/mol. The van der Waals surface area contributed by atoms with Crippen molar-refractivity contribution in [3.8, 4) is 5.75 Å². The zero-order valence-electron chi connectivity index (χ0n) is 11.1. The minimum absolute atomic E-state index is 0.733. The highest BCUT2D eigenvalue weighted by molar-refractivity contribution is 7.13. The van der Waals surface area contributed by atoms with Crippen LogP contribution in [0.25, 0.3) is 0 Å². The van der Waals surface area contributed by atoms with Crippen molar-refractivity contribution in [3.63, 3.8) is 0 Å². The monoisotopic (exact) mass is 275 g/mol. The maximum Gasteiger partial charge on any atom is 0.203 e. The maximum absolute atomic E-state index is 5.57. The summed E-state index contributed by atoms with van der Waals surface area (Å²) in [5.74, 6) is 0.871. The third kappa shape index (κ3) is 4.37. The van der Waals surface area contributed by atoms with Gasteiger partial charge < -0.3 is 4.74 Å². The fourth-order valence-corrected chi connectivity index (χ4v) is 2.11. The number of rotatable bonds is 6. The van der Waals surface area contributed by atoms with Crippen molar-refractivity contribution >= 4 is 22.7 Å². The van der Waals surface area contributed by atoms with Gasteiger partial charge in [-0.05, 0) is 31.0 Å². The standard InChI is InChI=1S/C14H17N3OS/c1-3-7-18-13-6-4-5-12(8-13)9-15-17-14-16-11(2)10-19-14/h4-6,8-10H,3,7H2,1-2H3,(H,16,17)/b15-9+. The molecular formula is C14H17N3OS. The molecule has 1 N–H and O–H groups in total. The molecule has 0 spiro atoms. The Hall–Kier alpha value is -1.88. The van der Waals surface area contributed by atoms with Crippen LogP contribution in [-0.2, 0) is 0 Å². The fraction of sp³-hybridized carbons (Fsp3) is 0.286. The van der Waals surface area contributed by atoms with E-state index in [-0.39, 0.29) is 0 Å². The van der Waals surface area contributed by atoms with Crippen LogP contribution >= 0.6 is 11.3 Å². The molecule has 0 saturated carbocycles. The van der Waals surface area contributed by atoms with Gasteiger partial charge in [0.1, 0.15) is 5.75 Å². The SMILES string of the molecule is CCCOc1cccc(/C=N/Nc2nc(C)cs2)c1. The van der Waals surface area contributed by atoms with Gasteiger partial charge in [0.15, 0.2) is 0 Å². The number of ether oxygens (including phenoxy) is 1. The highest BCUT2D eigenvalue weighted by atomic mass is 32.1. The van der Waals surface area contributed by atoms with E-state index in [1.807, 2.05) is 36.6 Å². The summed E-state index contributed by atoms with van der Waals surface area (Å²) < 4.78 is 5.57. The number of hydrogen-bond donors (Lipinski definition) is 1. The predicted molar refractivity (Wildman–Crippen MR) is 80.3 cm³/mol. The Balaban J connectivity index is 1.94. The number of nitrogens with zero attached hydrogens (tertiary/aromatic N) is 2. The number of thiazole rings is 1. The van der Waals surface area contributed by atoms with E-state index in [1.165, 1.54) is 11.3 Å². The number of aromatic nitrogens is 1. The van der Waals surface area contributed by atoms with E-state index in [0.29, 0.717) is 0 Å². The average molecular weight is 275 g/mol. The van der Waals surface area contributed by atoms with E-state index in [1.54, 1.807) is 6.21 Å². The summed E-state index contributed by atoms with van der Waals surface area (Å²) in [4.78, 5) is 4.27. The van der Waals surface area contributed by atoms with Gasteiger partial charge in [-0.2, -0.15) is 5.10 Å². The topological polar surface area (TPSA) is 46.5 Å². The second-order valence-corrected chi connectivity index (χ2v) is 4.94. The number of nitrogens with one attached hydrogen (secondary N) is 1. The zero-order chi connectivity index (χ0) is 13.5. The van der Waals surface area contributed by atoms with Gasteiger partial charge in [-0.25, -0.2) is 4.98 Å². The smallest absolute Gasteiger partial charge is 0.203 e. The van der Waals surface area contributed by atoms with Crippen LogP contribution in [0.5, 0.6) is 5.75 Å². The Morgan fingerprint density at radius 3 is 3.11 bits per heavy atom. The Morgan fingerprint density at radius 2 is 2.37 bits per heavy atom. The zero-order valence-corrected chi connectivity index (χ0v) is 11.9. The lowest BCUT2D eigenvalue weighted by molar-refractivity contribution is 0.317. The lowest BCUT2D eigenvalue weighted by Gasteiger charge is -2.04. The molecule has 0 amide bonds. The van der Waals surface area contributed by atoms with Crippen LogP contribution in [0.15, 0.2) is 34.7 Å². The molecule has 1 aromatic carbocycles. The van der Waals surface area contributed by atoms with Crippen molar-refractivity contribution in [3.05, 3.63) is 40.9 Å². The Bertz CT molecular complexity index is 551. The van der Waals surface area contributed by atoms with Gasteiger partial charge in [0.2, 0.25) is 5.13 Å². The summed E-state index contributed by atoms with van der Waals surface area (Å²) in [6, 6.07) is 7.86. The van der Waals surface area contributed by atoms with Crippen LogP contribution in [0.2, 0.25) is 0 Å². The first-order valence-electron chi connectivity index (χ1n) is 6.22. The van der Waals surface area contributed by atoms with Gasteiger partial charge in [0.25, 0.3) is 0 Å². The molecule has 0 bridgehead atoms. The number of anilines is 1. The summed E-state index contributed by atoms with van der Waals surface area (Å²) in [5.41, 5.74) is 4.91. The van der Waals surface area contributed by atoms with Crippen molar-refractivity contribution < 1.29 is 4.74 Å². The quantitative estimate of drug-likeness (QED) is 0.646. The van der Waals surface area contributed by atoms with Crippen molar-refractivity contribution in [1.29, 1.82) is 0 Å². The van der Waals surface area contributed by atoms with Crippen LogP contribution in [0.1, 0.15) is 24.6 Å². The summed E-state index contributed by atoms with van der Waals surface area (Å²) >= 11 is 1.54. The third-order valence-corrected chi connectivity index (χ3v) is 3.19. The summed E-state index contributed by atoms with van der Waals surface area (Å²) in [6.07, 6.45) is 2.76. The number of benzene rings is 1. The van der Waals surface area contributed by atoms with Gasteiger partial charge >= 0.3 is 0 Å². The molecule has 1 aromatic heterocycles. The molecule has 1 heterocycles. The molecule has 2 aromatic rings. The normalized spacial score (nSPS) is 10.8. The molecule has 0 aliphatic carbocycles. The molecule has 100 valence electrons. The molecule has 0 aliphatic heterocycles.